The highest BCUT2D eigenvalue weighted by atomic mass is 16.4. The van der Waals surface area contributed by atoms with E-state index in [1.54, 1.807) is 12.1 Å². The number of fused-ring (bicyclic) bond motifs is 3. The summed E-state index contributed by atoms with van der Waals surface area (Å²) in [5.74, 6) is -0.753. The van der Waals surface area contributed by atoms with Gasteiger partial charge in [-0.1, -0.05) is 19.8 Å². The van der Waals surface area contributed by atoms with Crippen molar-refractivity contribution in [2.75, 3.05) is 0 Å². The van der Waals surface area contributed by atoms with Crippen molar-refractivity contribution < 1.29 is 15.0 Å². The van der Waals surface area contributed by atoms with Gasteiger partial charge in [0.1, 0.15) is 5.75 Å². The van der Waals surface area contributed by atoms with E-state index in [1.807, 2.05) is 13.0 Å². The van der Waals surface area contributed by atoms with Gasteiger partial charge in [-0.15, -0.1) is 0 Å². The highest BCUT2D eigenvalue weighted by Crippen LogP contribution is 2.41. The van der Waals surface area contributed by atoms with Gasteiger partial charge in [-0.25, -0.2) is 0 Å². The Morgan fingerprint density at radius 2 is 2.18 bits per heavy atom. The number of aromatic amines is 1. The Morgan fingerprint density at radius 1 is 1.36 bits per heavy atom. The van der Waals surface area contributed by atoms with Gasteiger partial charge in [0.25, 0.3) is 0 Å². The largest absolute Gasteiger partial charge is 0.508 e. The summed E-state index contributed by atoms with van der Waals surface area (Å²) in [5.41, 5.74) is 3.24. The van der Waals surface area contributed by atoms with Crippen molar-refractivity contribution in [2.24, 2.45) is 5.92 Å². The molecule has 0 spiro atoms. The van der Waals surface area contributed by atoms with E-state index in [2.05, 4.69) is 4.98 Å². The molecule has 2 atom stereocenters. The summed E-state index contributed by atoms with van der Waals surface area (Å²) < 4.78 is 0. The second-order valence-electron chi connectivity index (χ2n) is 6.31. The number of aliphatic carboxylic acids is 1. The van der Waals surface area contributed by atoms with E-state index < -0.39 is 5.97 Å². The third-order valence-electron chi connectivity index (χ3n) is 4.96. The van der Waals surface area contributed by atoms with Crippen LogP contribution < -0.4 is 0 Å². The fraction of sp³-hybridized carbons (Fsp3) is 0.500. The molecule has 0 radical (unpaired) electrons. The number of aromatic nitrogens is 1. The predicted molar refractivity (Wildman–Crippen MR) is 86.3 cm³/mol. The summed E-state index contributed by atoms with van der Waals surface area (Å²) in [6.45, 7) is 1.96. The van der Waals surface area contributed by atoms with Crippen LogP contribution in [0.15, 0.2) is 18.2 Å². The maximum Gasteiger partial charge on any atom is 0.307 e. The van der Waals surface area contributed by atoms with Crippen molar-refractivity contribution in [3.8, 4) is 5.75 Å². The fourth-order valence-corrected chi connectivity index (χ4v) is 3.90. The zero-order chi connectivity index (χ0) is 15.7. The van der Waals surface area contributed by atoms with Gasteiger partial charge < -0.3 is 15.2 Å². The molecule has 1 aromatic carbocycles. The van der Waals surface area contributed by atoms with Crippen LogP contribution in [0.25, 0.3) is 10.9 Å². The Balaban J connectivity index is 2.17. The average molecular weight is 301 g/mol. The number of H-pyrrole nitrogens is 1. The molecule has 3 rings (SSSR count). The van der Waals surface area contributed by atoms with Crippen molar-refractivity contribution in [2.45, 2.75) is 51.4 Å². The molecule has 3 N–H and O–H groups in total. The smallest absolute Gasteiger partial charge is 0.307 e. The van der Waals surface area contributed by atoms with E-state index in [4.69, 9.17) is 0 Å². The van der Waals surface area contributed by atoms with E-state index in [0.29, 0.717) is 6.42 Å². The lowest BCUT2D eigenvalue weighted by atomic mass is 9.77. The molecule has 1 aliphatic carbocycles. The Labute approximate surface area is 130 Å². The SMILES string of the molecule is CCC(C(=O)O)C1CCCCCc2[nH]c3cc(O)ccc3c21. The number of phenols is 1. The van der Waals surface area contributed by atoms with E-state index in [-0.39, 0.29) is 17.6 Å². The molecule has 1 aliphatic rings. The quantitative estimate of drug-likeness (QED) is 0.796. The van der Waals surface area contributed by atoms with Gasteiger partial charge in [0.15, 0.2) is 0 Å². The van der Waals surface area contributed by atoms with Gasteiger partial charge in [0.05, 0.1) is 5.92 Å². The number of hydrogen-bond donors (Lipinski definition) is 3. The van der Waals surface area contributed by atoms with Gasteiger partial charge in [-0.3, -0.25) is 4.79 Å². The van der Waals surface area contributed by atoms with Crippen LogP contribution in [-0.2, 0) is 11.2 Å². The summed E-state index contributed by atoms with van der Waals surface area (Å²) in [4.78, 5) is 15.1. The van der Waals surface area contributed by atoms with E-state index in [0.717, 1.165) is 48.7 Å². The standard InChI is InChI=1S/C18H23NO3/c1-2-12(18(21)22)13-6-4-3-5-7-15-17(13)14-9-8-11(20)10-16(14)19-15/h8-10,12-13,19-20H,2-7H2,1H3,(H,21,22). The predicted octanol–water partition coefficient (Wildman–Crippen LogP) is 4.18. The Morgan fingerprint density at radius 3 is 2.91 bits per heavy atom. The van der Waals surface area contributed by atoms with Gasteiger partial charge in [-0.05, 0) is 49.3 Å². The van der Waals surface area contributed by atoms with Crippen molar-refractivity contribution in [1.82, 2.24) is 4.98 Å². The molecule has 118 valence electrons. The number of aryl methyl sites for hydroxylation is 1. The zero-order valence-corrected chi connectivity index (χ0v) is 12.9. The molecule has 1 aromatic heterocycles. The van der Waals surface area contributed by atoms with Crippen molar-refractivity contribution in [3.05, 3.63) is 29.5 Å². The van der Waals surface area contributed by atoms with Crippen LogP contribution >= 0.6 is 0 Å². The molecule has 0 saturated carbocycles. The highest BCUT2D eigenvalue weighted by molar-refractivity contribution is 5.87. The Hall–Kier alpha value is -1.97. The molecule has 0 amide bonds. The second kappa shape index (κ2) is 6.03. The minimum absolute atomic E-state index is 0.0519. The lowest BCUT2D eigenvalue weighted by Gasteiger charge is -2.26. The highest BCUT2D eigenvalue weighted by Gasteiger charge is 2.32. The molecule has 22 heavy (non-hydrogen) atoms. The summed E-state index contributed by atoms with van der Waals surface area (Å²) in [5, 5.41) is 20.4. The molecule has 0 fully saturated rings. The number of nitrogens with one attached hydrogen (secondary N) is 1. The Bertz CT molecular complexity index is 689. The zero-order valence-electron chi connectivity index (χ0n) is 12.9. The number of carboxylic acid groups (broad SMARTS) is 1. The number of carbonyl (C=O) groups is 1. The molecule has 2 aromatic rings. The maximum absolute atomic E-state index is 11.7. The molecule has 4 nitrogen and oxygen atoms in total. The molecule has 0 aliphatic heterocycles. The third-order valence-corrected chi connectivity index (χ3v) is 4.96. The van der Waals surface area contributed by atoms with Gasteiger partial charge in [0.2, 0.25) is 0 Å². The first kappa shape index (κ1) is 14.9. The summed E-state index contributed by atoms with van der Waals surface area (Å²) >= 11 is 0. The number of hydrogen-bond acceptors (Lipinski definition) is 2. The first-order valence-electron chi connectivity index (χ1n) is 8.18. The number of aromatic hydroxyl groups is 1. The van der Waals surface area contributed by atoms with Crippen molar-refractivity contribution >= 4 is 16.9 Å². The molecule has 1 heterocycles. The van der Waals surface area contributed by atoms with Crippen LogP contribution in [0, 0.1) is 5.92 Å². The van der Waals surface area contributed by atoms with E-state index in [9.17, 15) is 15.0 Å². The monoisotopic (exact) mass is 301 g/mol. The maximum atomic E-state index is 11.7. The second-order valence-corrected chi connectivity index (χ2v) is 6.31. The van der Waals surface area contributed by atoms with E-state index >= 15 is 0 Å². The number of carboxylic acids is 1. The molecule has 0 saturated heterocycles. The molecule has 0 bridgehead atoms. The number of rotatable bonds is 3. The van der Waals surface area contributed by atoms with Crippen LogP contribution in [0.5, 0.6) is 5.75 Å². The van der Waals surface area contributed by atoms with Crippen LogP contribution in [0.4, 0.5) is 0 Å². The minimum Gasteiger partial charge on any atom is -0.508 e. The normalized spacial score (nSPS) is 20.1. The first-order valence-corrected chi connectivity index (χ1v) is 8.18. The lowest BCUT2D eigenvalue weighted by molar-refractivity contribution is -0.142. The lowest BCUT2D eigenvalue weighted by Crippen LogP contribution is -2.23. The number of benzene rings is 1. The summed E-state index contributed by atoms with van der Waals surface area (Å²) in [6, 6.07) is 5.34. The number of phenolic OH excluding ortho intramolecular Hbond substituents is 1. The fourth-order valence-electron chi connectivity index (χ4n) is 3.90. The van der Waals surface area contributed by atoms with Crippen LogP contribution in [-0.4, -0.2) is 21.2 Å². The van der Waals surface area contributed by atoms with Gasteiger partial charge in [-0.2, -0.15) is 0 Å². The molecule has 2 unspecified atom stereocenters. The summed E-state index contributed by atoms with van der Waals surface area (Å²) in [7, 11) is 0. The van der Waals surface area contributed by atoms with Crippen LogP contribution in [0.3, 0.4) is 0 Å². The summed E-state index contributed by atoms with van der Waals surface area (Å²) in [6.07, 6.45) is 5.88. The molecule has 4 heteroatoms. The topological polar surface area (TPSA) is 73.3 Å². The minimum atomic E-state index is -0.702. The van der Waals surface area contributed by atoms with Crippen LogP contribution in [0.2, 0.25) is 0 Å². The Kier molecular flexibility index (Phi) is 4.10. The molecular formula is C18H23NO3. The van der Waals surface area contributed by atoms with Crippen molar-refractivity contribution in [3.63, 3.8) is 0 Å². The van der Waals surface area contributed by atoms with Gasteiger partial charge >= 0.3 is 5.97 Å². The van der Waals surface area contributed by atoms with Gasteiger partial charge in [0, 0.05) is 22.7 Å². The van der Waals surface area contributed by atoms with E-state index in [1.165, 1.54) is 5.56 Å². The third kappa shape index (κ3) is 2.58. The molecular weight excluding hydrogens is 278 g/mol. The average Bonchev–Trinajstić information content (AvgIpc) is 2.79. The van der Waals surface area contributed by atoms with Crippen molar-refractivity contribution in [1.29, 1.82) is 0 Å². The first-order chi connectivity index (χ1) is 10.6. The van der Waals surface area contributed by atoms with Crippen LogP contribution in [0.1, 0.15) is 56.2 Å².